The zero-order valence-electron chi connectivity index (χ0n) is 10.3. The molecule has 2 N–H and O–H groups in total. The second-order valence-corrected chi connectivity index (χ2v) is 5.31. The Bertz CT molecular complexity index is 637. The molecule has 4 nitrogen and oxygen atoms in total. The summed E-state index contributed by atoms with van der Waals surface area (Å²) in [4.78, 5) is 15.0. The molecule has 1 saturated heterocycles. The van der Waals surface area contributed by atoms with Crippen molar-refractivity contribution in [3.8, 4) is 0 Å². The third-order valence-electron chi connectivity index (χ3n) is 3.67. The topological polar surface area (TPSA) is 49.8 Å². The molecular weight excluding hydrogens is 250 g/mol. The standard InChI is InChI=1S/C13H16ClN3O/c1-8-6-11-12(7-10(8)14)17(13(18)16-11)9-2-4-15-5-3-9/h6-7,9,15H,2-5H2,1H3,(H,16,18). The number of nitrogens with zero attached hydrogens (tertiary/aromatic N) is 1. The van der Waals surface area contributed by atoms with E-state index in [1.165, 1.54) is 0 Å². The third-order valence-corrected chi connectivity index (χ3v) is 4.08. The fourth-order valence-corrected chi connectivity index (χ4v) is 2.84. The molecule has 1 aromatic carbocycles. The first-order valence-corrected chi connectivity index (χ1v) is 6.65. The van der Waals surface area contributed by atoms with E-state index in [-0.39, 0.29) is 11.7 Å². The Kier molecular flexibility index (Phi) is 2.92. The van der Waals surface area contributed by atoms with Crippen LogP contribution in [0.2, 0.25) is 5.02 Å². The van der Waals surface area contributed by atoms with Crippen LogP contribution in [0, 0.1) is 6.92 Å². The average molecular weight is 266 g/mol. The van der Waals surface area contributed by atoms with Crippen LogP contribution in [0.5, 0.6) is 0 Å². The van der Waals surface area contributed by atoms with E-state index in [4.69, 9.17) is 11.6 Å². The smallest absolute Gasteiger partial charge is 0.317 e. The van der Waals surface area contributed by atoms with Gasteiger partial charge in [0, 0.05) is 11.1 Å². The molecule has 2 heterocycles. The molecule has 0 unspecified atom stereocenters. The average Bonchev–Trinajstić information content (AvgIpc) is 2.66. The summed E-state index contributed by atoms with van der Waals surface area (Å²) in [5, 5.41) is 4.03. The van der Waals surface area contributed by atoms with Gasteiger partial charge in [-0.25, -0.2) is 4.79 Å². The number of hydrogen-bond donors (Lipinski definition) is 2. The lowest BCUT2D eigenvalue weighted by Crippen LogP contribution is -2.33. The molecule has 96 valence electrons. The van der Waals surface area contributed by atoms with Gasteiger partial charge in [-0.1, -0.05) is 11.6 Å². The van der Waals surface area contributed by atoms with Crippen LogP contribution >= 0.6 is 11.6 Å². The maximum atomic E-state index is 12.1. The number of imidazole rings is 1. The quantitative estimate of drug-likeness (QED) is 0.831. The summed E-state index contributed by atoms with van der Waals surface area (Å²) < 4.78 is 1.86. The number of rotatable bonds is 1. The first-order valence-electron chi connectivity index (χ1n) is 6.28. The minimum Gasteiger partial charge on any atom is -0.317 e. The molecule has 5 heteroatoms. The van der Waals surface area contributed by atoms with Crippen LogP contribution < -0.4 is 11.0 Å². The summed E-state index contributed by atoms with van der Waals surface area (Å²) in [6.07, 6.45) is 1.97. The van der Waals surface area contributed by atoms with Gasteiger partial charge in [-0.3, -0.25) is 4.57 Å². The van der Waals surface area contributed by atoms with Gasteiger partial charge >= 0.3 is 5.69 Å². The highest BCUT2D eigenvalue weighted by Gasteiger charge is 2.19. The molecule has 0 atom stereocenters. The minimum absolute atomic E-state index is 0.0291. The van der Waals surface area contributed by atoms with Gasteiger partial charge in [0.1, 0.15) is 0 Å². The SMILES string of the molecule is Cc1cc2[nH]c(=O)n(C3CCNCC3)c2cc1Cl. The second-order valence-electron chi connectivity index (χ2n) is 4.90. The van der Waals surface area contributed by atoms with Gasteiger partial charge in [0.05, 0.1) is 11.0 Å². The molecule has 2 aromatic rings. The summed E-state index contributed by atoms with van der Waals surface area (Å²) in [6, 6.07) is 4.11. The van der Waals surface area contributed by atoms with Gasteiger partial charge < -0.3 is 10.3 Å². The van der Waals surface area contributed by atoms with Crippen molar-refractivity contribution in [2.24, 2.45) is 0 Å². The maximum Gasteiger partial charge on any atom is 0.326 e. The van der Waals surface area contributed by atoms with Crippen molar-refractivity contribution in [3.05, 3.63) is 33.2 Å². The van der Waals surface area contributed by atoms with Gasteiger partial charge in [0.2, 0.25) is 0 Å². The summed E-state index contributed by atoms with van der Waals surface area (Å²) in [6.45, 7) is 3.87. The molecule has 0 amide bonds. The molecule has 1 fully saturated rings. The van der Waals surface area contributed by atoms with Crippen molar-refractivity contribution in [1.82, 2.24) is 14.9 Å². The van der Waals surface area contributed by atoms with Crippen LogP contribution in [0.15, 0.2) is 16.9 Å². The van der Waals surface area contributed by atoms with Crippen molar-refractivity contribution in [3.63, 3.8) is 0 Å². The van der Waals surface area contributed by atoms with E-state index in [1.807, 2.05) is 23.6 Å². The Labute approximate surface area is 110 Å². The molecule has 0 bridgehead atoms. The zero-order valence-corrected chi connectivity index (χ0v) is 11.0. The Morgan fingerprint density at radius 2 is 2.06 bits per heavy atom. The molecule has 18 heavy (non-hydrogen) atoms. The van der Waals surface area contributed by atoms with E-state index < -0.39 is 0 Å². The largest absolute Gasteiger partial charge is 0.326 e. The third kappa shape index (κ3) is 1.85. The van der Waals surface area contributed by atoms with Crippen LogP contribution in [0.25, 0.3) is 11.0 Å². The molecule has 0 saturated carbocycles. The van der Waals surface area contributed by atoms with Crippen LogP contribution in [0.3, 0.4) is 0 Å². The van der Waals surface area contributed by atoms with Crippen molar-refractivity contribution >= 4 is 22.6 Å². The Hall–Kier alpha value is -1.26. The number of hydrogen-bond acceptors (Lipinski definition) is 2. The van der Waals surface area contributed by atoms with E-state index in [2.05, 4.69) is 10.3 Å². The number of benzene rings is 1. The van der Waals surface area contributed by atoms with E-state index in [0.717, 1.165) is 42.5 Å². The van der Waals surface area contributed by atoms with E-state index in [9.17, 15) is 4.79 Å². The Balaban J connectivity index is 2.18. The molecule has 1 aliphatic heterocycles. The van der Waals surface area contributed by atoms with Gasteiger partial charge in [0.25, 0.3) is 0 Å². The lowest BCUT2D eigenvalue weighted by molar-refractivity contribution is 0.368. The molecule has 1 aliphatic rings. The molecule has 1 aromatic heterocycles. The maximum absolute atomic E-state index is 12.1. The van der Waals surface area contributed by atoms with E-state index >= 15 is 0 Å². The zero-order chi connectivity index (χ0) is 12.7. The highest BCUT2D eigenvalue weighted by molar-refractivity contribution is 6.32. The Morgan fingerprint density at radius 3 is 2.78 bits per heavy atom. The minimum atomic E-state index is -0.0291. The van der Waals surface area contributed by atoms with Crippen LogP contribution in [-0.4, -0.2) is 22.6 Å². The van der Waals surface area contributed by atoms with Gasteiger partial charge in [0.15, 0.2) is 0 Å². The normalized spacial score (nSPS) is 17.4. The fraction of sp³-hybridized carbons (Fsp3) is 0.462. The van der Waals surface area contributed by atoms with Gasteiger partial charge in [-0.05, 0) is 50.6 Å². The lowest BCUT2D eigenvalue weighted by atomic mass is 10.1. The number of aromatic amines is 1. The first-order chi connectivity index (χ1) is 8.66. The molecule has 0 radical (unpaired) electrons. The van der Waals surface area contributed by atoms with Gasteiger partial charge in [-0.2, -0.15) is 0 Å². The van der Waals surface area contributed by atoms with E-state index in [0.29, 0.717) is 5.02 Å². The summed E-state index contributed by atoms with van der Waals surface area (Å²) in [5.74, 6) is 0. The predicted molar refractivity (Wildman–Crippen MR) is 73.4 cm³/mol. The predicted octanol–water partition coefficient (Wildman–Crippen LogP) is 2.22. The van der Waals surface area contributed by atoms with Crippen LogP contribution in [0.1, 0.15) is 24.4 Å². The summed E-state index contributed by atoms with van der Waals surface area (Å²) in [7, 11) is 0. The van der Waals surface area contributed by atoms with Crippen molar-refractivity contribution in [2.45, 2.75) is 25.8 Å². The lowest BCUT2D eigenvalue weighted by Gasteiger charge is -2.23. The number of nitrogens with one attached hydrogen (secondary N) is 2. The highest BCUT2D eigenvalue weighted by Crippen LogP contribution is 2.26. The van der Waals surface area contributed by atoms with Crippen molar-refractivity contribution in [2.75, 3.05) is 13.1 Å². The fourth-order valence-electron chi connectivity index (χ4n) is 2.68. The van der Waals surface area contributed by atoms with Crippen LogP contribution in [-0.2, 0) is 0 Å². The number of aromatic nitrogens is 2. The monoisotopic (exact) mass is 265 g/mol. The first kappa shape index (κ1) is 11.8. The number of piperidine rings is 1. The number of fused-ring (bicyclic) bond motifs is 1. The molecular formula is C13H16ClN3O. The molecule has 0 aliphatic carbocycles. The van der Waals surface area contributed by atoms with Crippen molar-refractivity contribution in [1.29, 1.82) is 0 Å². The number of H-pyrrole nitrogens is 1. The van der Waals surface area contributed by atoms with Crippen LogP contribution in [0.4, 0.5) is 0 Å². The Morgan fingerprint density at radius 1 is 1.33 bits per heavy atom. The molecule has 0 spiro atoms. The summed E-state index contributed by atoms with van der Waals surface area (Å²) in [5.41, 5.74) is 2.75. The summed E-state index contributed by atoms with van der Waals surface area (Å²) >= 11 is 6.17. The second kappa shape index (κ2) is 4.44. The highest BCUT2D eigenvalue weighted by atomic mass is 35.5. The number of aryl methyl sites for hydroxylation is 1. The van der Waals surface area contributed by atoms with Crippen molar-refractivity contribution < 1.29 is 0 Å². The number of halogens is 1. The van der Waals surface area contributed by atoms with Gasteiger partial charge in [-0.15, -0.1) is 0 Å². The van der Waals surface area contributed by atoms with E-state index in [1.54, 1.807) is 0 Å². The molecule has 3 rings (SSSR count).